The fourth-order valence-electron chi connectivity index (χ4n) is 2.10. The summed E-state index contributed by atoms with van der Waals surface area (Å²) in [7, 11) is -3.90. The van der Waals surface area contributed by atoms with E-state index in [0.29, 0.717) is 12.8 Å². The first-order chi connectivity index (χ1) is 8.41. The van der Waals surface area contributed by atoms with Gasteiger partial charge in [-0.1, -0.05) is 46.0 Å². The molecule has 0 bridgehead atoms. The summed E-state index contributed by atoms with van der Waals surface area (Å²) in [5.41, 5.74) is 0. The molecule has 0 heterocycles. The Labute approximate surface area is 112 Å². The highest BCUT2D eigenvalue weighted by atomic mass is 32.2. The average molecular weight is 280 g/mol. The lowest BCUT2D eigenvalue weighted by atomic mass is 10.0. The second kappa shape index (κ2) is 9.75. The maximum Gasteiger partial charge on any atom is 0.267 e. The van der Waals surface area contributed by atoms with E-state index in [1.807, 2.05) is 6.92 Å². The monoisotopic (exact) mass is 280 g/mol. The smallest absolute Gasteiger partial charge is 0.267 e. The van der Waals surface area contributed by atoms with E-state index in [1.54, 1.807) is 0 Å². The highest BCUT2D eigenvalue weighted by molar-refractivity contribution is 7.86. The number of aliphatic hydroxyl groups is 1. The summed E-state index contributed by atoms with van der Waals surface area (Å²) in [6, 6.07) is 0. The SMILES string of the molecule is CCCCC(O)CCCCC(CCC)S(=O)(=O)O. The molecule has 110 valence electrons. The van der Waals surface area contributed by atoms with Crippen LogP contribution in [0.1, 0.15) is 71.6 Å². The van der Waals surface area contributed by atoms with Crippen LogP contribution in [-0.4, -0.2) is 29.4 Å². The van der Waals surface area contributed by atoms with E-state index in [2.05, 4.69) is 6.92 Å². The molecular weight excluding hydrogens is 252 g/mol. The van der Waals surface area contributed by atoms with Crippen molar-refractivity contribution in [3.05, 3.63) is 0 Å². The van der Waals surface area contributed by atoms with Crippen molar-refractivity contribution >= 4 is 10.1 Å². The molecule has 2 unspecified atom stereocenters. The Morgan fingerprint density at radius 3 is 1.94 bits per heavy atom. The molecule has 0 aromatic heterocycles. The third kappa shape index (κ3) is 8.89. The first kappa shape index (κ1) is 17.9. The van der Waals surface area contributed by atoms with Crippen LogP contribution in [0.15, 0.2) is 0 Å². The van der Waals surface area contributed by atoms with Crippen molar-refractivity contribution < 1.29 is 18.1 Å². The minimum atomic E-state index is -3.90. The Balaban J connectivity index is 3.80. The van der Waals surface area contributed by atoms with Crippen molar-refractivity contribution in [2.24, 2.45) is 0 Å². The lowest BCUT2D eigenvalue weighted by Crippen LogP contribution is -2.20. The van der Waals surface area contributed by atoms with Crippen molar-refractivity contribution in [2.45, 2.75) is 83.0 Å². The van der Waals surface area contributed by atoms with Gasteiger partial charge in [0.15, 0.2) is 0 Å². The van der Waals surface area contributed by atoms with Crippen molar-refractivity contribution in [3.63, 3.8) is 0 Å². The molecule has 0 aromatic rings. The van der Waals surface area contributed by atoms with E-state index in [9.17, 15) is 13.5 Å². The lowest BCUT2D eigenvalue weighted by Gasteiger charge is -2.13. The lowest BCUT2D eigenvalue weighted by molar-refractivity contribution is 0.148. The molecule has 0 aliphatic heterocycles. The molecule has 2 N–H and O–H groups in total. The summed E-state index contributed by atoms with van der Waals surface area (Å²) in [5.74, 6) is 0. The Hall–Kier alpha value is -0.130. The summed E-state index contributed by atoms with van der Waals surface area (Å²) in [5, 5.41) is 9.01. The van der Waals surface area contributed by atoms with Gasteiger partial charge in [0, 0.05) is 0 Å². The van der Waals surface area contributed by atoms with E-state index in [-0.39, 0.29) is 6.10 Å². The zero-order valence-electron chi connectivity index (χ0n) is 11.6. The number of aliphatic hydroxyl groups excluding tert-OH is 1. The van der Waals surface area contributed by atoms with E-state index in [4.69, 9.17) is 4.55 Å². The van der Waals surface area contributed by atoms with Gasteiger partial charge in [-0.3, -0.25) is 4.55 Å². The van der Waals surface area contributed by atoms with Gasteiger partial charge in [-0.2, -0.15) is 8.42 Å². The molecule has 0 rings (SSSR count). The molecule has 0 radical (unpaired) electrons. The summed E-state index contributed by atoms with van der Waals surface area (Å²) in [6.45, 7) is 4.00. The van der Waals surface area contributed by atoms with Gasteiger partial charge in [0.05, 0.1) is 11.4 Å². The Morgan fingerprint density at radius 1 is 0.889 bits per heavy atom. The van der Waals surface area contributed by atoms with Crippen LogP contribution in [0.2, 0.25) is 0 Å². The summed E-state index contributed by atoms with van der Waals surface area (Å²) in [6.07, 6.45) is 6.73. The molecule has 0 aromatic carbocycles. The van der Waals surface area contributed by atoms with Gasteiger partial charge in [0.2, 0.25) is 0 Å². The van der Waals surface area contributed by atoms with Crippen molar-refractivity contribution in [3.8, 4) is 0 Å². The first-order valence-electron chi connectivity index (χ1n) is 7.06. The second-order valence-electron chi connectivity index (χ2n) is 5.01. The standard InChI is InChI=1S/C13H28O4S/c1-3-5-9-12(14)10-6-7-11-13(8-4-2)18(15,16)17/h12-14H,3-11H2,1-2H3,(H,15,16,17). The minimum Gasteiger partial charge on any atom is -0.393 e. The van der Waals surface area contributed by atoms with Crippen LogP contribution in [0, 0.1) is 0 Å². The Kier molecular flexibility index (Phi) is 9.68. The average Bonchev–Trinajstić information content (AvgIpc) is 2.29. The van der Waals surface area contributed by atoms with Crippen LogP contribution in [0.3, 0.4) is 0 Å². The number of hydrogen-bond acceptors (Lipinski definition) is 3. The zero-order valence-corrected chi connectivity index (χ0v) is 12.5. The van der Waals surface area contributed by atoms with Crippen LogP contribution >= 0.6 is 0 Å². The number of rotatable bonds is 11. The summed E-state index contributed by atoms with van der Waals surface area (Å²) < 4.78 is 31.2. The van der Waals surface area contributed by atoms with E-state index < -0.39 is 15.4 Å². The molecule has 0 fully saturated rings. The highest BCUT2D eigenvalue weighted by Gasteiger charge is 2.21. The predicted octanol–water partition coefficient (Wildman–Crippen LogP) is 3.15. The van der Waals surface area contributed by atoms with Gasteiger partial charge >= 0.3 is 0 Å². The number of unbranched alkanes of at least 4 members (excludes halogenated alkanes) is 2. The van der Waals surface area contributed by atoms with Crippen LogP contribution in [0.25, 0.3) is 0 Å². The molecule has 0 amide bonds. The topological polar surface area (TPSA) is 74.6 Å². The van der Waals surface area contributed by atoms with Gasteiger partial charge in [-0.25, -0.2) is 0 Å². The number of hydrogen-bond donors (Lipinski definition) is 2. The van der Waals surface area contributed by atoms with Gasteiger partial charge in [0.1, 0.15) is 0 Å². The maximum atomic E-state index is 11.1. The van der Waals surface area contributed by atoms with E-state index in [0.717, 1.165) is 44.9 Å². The van der Waals surface area contributed by atoms with E-state index in [1.165, 1.54) is 0 Å². The molecule has 0 saturated heterocycles. The van der Waals surface area contributed by atoms with Gasteiger partial charge < -0.3 is 5.11 Å². The minimum absolute atomic E-state index is 0.264. The Bertz CT molecular complexity index is 287. The molecular formula is C13H28O4S. The molecule has 2 atom stereocenters. The molecule has 18 heavy (non-hydrogen) atoms. The van der Waals surface area contributed by atoms with Crippen molar-refractivity contribution in [1.29, 1.82) is 0 Å². The Morgan fingerprint density at radius 2 is 1.44 bits per heavy atom. The molecule has 4 nitrogen and oxygen atoms in total. The van der Waals surface area contributed by atoms with E-state index >= 15 is 0 Å². The molecule has 0 spiro atoms. The zero-order chi connectivity index (χ0) is 14.0. The van der Waals surface area contributed by atoms with Crippen molar-refractivity contribution in [1.82, 2.24) is 0 Å². The second-order valence-corrected chi connectivity index (χ2v) is 6.70. The molecule has 5 heteroatoms. The molecule has 0 saturated carbocycles. The summed E-state index contributed by atoms with van der Waals surface area (Å²) in [4.78, 5) is 0. The maximum absolute atomic E-state index is 11.1. The fourth-order valence-corrected chi connectivity index (χ4v) is 3.10. The normalized spacial score (nSPS) is 15.6. The van der Waals surface area contributed by atoms with Crippen LogP contribution in [0.4, 0.5) is 0 Å². The summed E-state index contributed by atoms with van der Waals surface area (Å²) >= 11 is 0. The van der Waals surface area contributed by atoms with Crippen molar-refractivity contribution in [2.75, 3.05) is 0 Å². The fraction of sp³-hybridized carbons (Fsp3) is 1.00. The van der Waals surface area contributed by atoms with Gasteiger partial charge in [0.25, 0.3) is 10.1 Å². The molecule has 0 aliphatic carbocycles. The van der Waals surface area contributed by atoms with Crippen LogP contribution < -0.4 is 0 Å². The molecule has 0 aliphatic rings. The largest absolute Gasteiger partial charge is 0.393 e. The quantitative estimate of drug-likeness (QED) is 0.450. The van der Waals surface area contributed by atoms with Crippen LogP contribution in [0.5, 0.6) is 0 Å². The van der Waals surface area contributed by atoms with Gasteiger partial charge in [-0.05, 0) is 25.7 Å². The third-order valence-electron chi connectivity index (χ3n) is 3.24. The third-order valence-corrected chi connectivity index (χ3v) is 4.55. The van der Waals surface area contributed by atoms with Gasteiger partial charge in [-0.15, -0.1) is 0 Å². The predicted molar refractivity (Wildman–Crippen MR) is 74.2 cm³/mol. The first-order valence-corrected chi connectivity index (χ1v) is 8.56. The van der Waals surface area contributed by atoms with Crippen LogP contribution in [-0.2, 0) is 10.1 Å². The highest BCUT2D eigenvalue weighted by Crippen LogP contribution is 2.17.